The van der Waals surface area contributed by atoms with Gasteiger partial charge in [0.15, 0.2) is 5.82 Å². The molecular weight excluding hydrogens is 236 g/mol. The lowest BCUT2D eigenvalue weighted by Gasteiger charge is -2.06. The van der Waals surface area contributed by atoms with E-state index in [1.165, 1.54) is 12.5 Å². The number of anilines is 1. The van der Waals surface area contributed by atoms with Crippen LogP contribution in [0.3, 0.4) is 0 Å². The fourth-order valence-electron chi connectivity index (χ4n) is 1.42. The molecule has 0 saturated carbocycles. The third-order valence-electron chi connectivity index (χ3n) is 2.32. The third kappa shape index (κ3) is 2.82. The number of nitrogens with zero attached hydrogens (tertiary/aromatic N) is 3. The molecular formula is C11H12N4O3. The summed E-state index contributed by atoms with van der Waals surface area (Å²) in [5.41, 5.74) is 0.919. The van der Waals surface area contributed by atoms with Crippen molar-refractivity contribution in [2.24, 2.45) is 0 Å². The van der Waals surface area contributed by atoms with Crippen molar-refractivity contribution < 1.29 is 14.4 Å². The molecule has 0 amide bonds. The van der Waals surface area contributed by atoms with E-state index in [1.54, 1.807) is 6.07 Å². The minimum absolute atomic E-state index is 0.206. The van der Waals surface area contributed by atoms with E-state index in [4.69, 9.17) is 5.11 Å². The van der Waals surface area contributed by atoms with Gasteiger partial charge in [0.25, 0.3) is 0 Å². The van der Waals surface area contributed by atoms with Gasteiger partial charge in [-0.2, -0.15) is 4.98 Å². The summed E-state index contributed by atoms with van der Waals surface area (Å²) in [6.07, 6.45) is 1.90. The van der Waals surface area contributed by atoms with Gasteiger partial charge in [0, 0.05) is 5.69 Å². The number of hydrogen-bond donors (Lipinski definition) is 2. The summed E-state index contributed by atoms with van der Waals surface area (Å²) >= 11 is 0. The van der Waals surface area contributed by atoms with E-state index < -0.39 is 5.97 Å². The van der Waals surface area contributed by atoms with Gasteiger partial charge in [0.1, 0.15) is 5.82 Å². The molecule has 0 atom stereocenters. The Labute approximate surface area is 103 Å². The summed E-state index contributed by atoms with van der Waals surface area (Å²) in [6.45, 7) is 2.24. The number of aromatic nitrogens is 3. The van der Waals surface area contributed by atoms with Crippen LogP contribution in [0.4, 0.5) is 5.82 Å². The van der Waals surface area contributed by atoms with E-state index in [-0.39, 0.29) is 5.56 Å². The van der Waals surface area contributed by atoms with Crippen LogP contribution in [-0.2, 0) is 13.0 Å². The fraction of sp³-hybridized carbons (Fsp3) is 0.273. The molecule has 94 valence electrons. The summed E-state index contributed by atoms with van der Waals surface area (Å²) in [4.78, 5) is 19.1. The fourth-order valence-corrected chi connectivity index (χ4v) is 1.42. The number of carboxylic acids is 1. The Morgan fingerprint density at radius 1 is 1.50 bits per heavy atom. The topological polar surface area (TPSA) is 101 Å². The standard InChI is InChI=1S/C11H12N4O3/c1-2-8-3-7(11(16)17)4-9(14-8)12-5-10-13-6-18-15-10/h3-4,6H,2,5H2,1H3,(H,12,14)(H,16,17). The molecule has 0 aliphatic rings. The first kappa shape index (κ1) is 12.0. The number of pyridine rings is 1. The van der Waals surface area contributed by atoms with Crippen molar-refractivity contribution >= 4 is 11.8 Å². The normalized spacial score (nSPS) is 10.3. The Kier molecular flexibility index (Phi) is 3.52. The predicted molar refractivity (Wildman–Crippen MR) is 62.2 cm³/mol. The molecule has 0 aliphatic carbocycles. The van der Waals surface area contributed by atoms with Gasteiger partial charge in [-0.25, -0.2) is 9.78 Å². The molecule has 7 nitrogen and oxygen atoms in total. The van der Waals surface area contributed by atoms with Gasteiger partial charge in [0.2, 0.25) is 6.39 Å². The predicted octanol–water partition coefficient (Wildman–Crippen LogP) is 1.34. The Bertz CT molecular complexity index is 539. The van der Waals surface area contributed by atoms with Crippen LogP contribution in [0.25, 0.3) is 0 Å². The van der Waals surface area contributed by atoms with E-state index in [0.29, 0.717) is 30.3 Å². The zero-order chi connectivity index (χ0) is 13.0. The number of aryl methyl sites for hydroxylation is 1. The van der Waals surface area contributed by atoms with E-state index in [1.807, 2.05) is 6.92 Å². The van der Waals surface area contributed by atoms with E-state index in [2.05, 4.69) is 25.0 Å². The SMILES string of the molecule is CCc1cc(C(=O)O)cc(NCc2ncon2)n1. The molecule has 0 bridgehead atoms. The summed E-state index contributed by atoms with van der Waals surface area (Å²) in [5.74, 6) is -0.0122. The monoisotopic (exact) mass is 248 g/mol. The number of rotatable bonds is 5. The Morgan fingerprint density at radius 2 is 2.33 bits per heavy atom. The maximum Gasteiger partial charge on any atom is 0.335 e. The first-order valence-electron chi connectivity index (χ1n) is 5.42. The van der Waals surface area contributed by atoms with Gasteiger partial charge in [-0.3, -0.25) is 0 Å². The maximum atomic E-state index is 11.0. The van der Waals surface area contributed by atoms with Crippen LogP contribution in [0.5, 0.6) is 0 Å². The summed E-state index contributed by atoms with van der Waals surface area (Å²) in [6, 6.07) is 3.03. The number of carbonyl (C=O) groups is 1. The zero-order valence-electron chi connectivity index (χ0n) is 9.75. The molecule has 2 heterocycles. The highest BCUT2D eigenvalue weighted by atomic mass is 16.5. The Balaban J connectivity index is 2.16. The summed E-state index contributed by atoms with van der Waals surface area (Å²) in [5, 5.41) is 15.6. The Hall–Kier alpha value is -2.44. The van der Waals surface area contributed by atoms with Gasteiger partial charge in [-0.05, 0) is 18.6 Å². The molecule has 2 aromatic rings. The molecule has 0 aliphatic heterocycles. The van der Waals surface area contributed by atoms with Crippen LogP contribution < -0.4 is 5.32 Å². The van der Waals surface area contributed by atoms with Gasteiger partial charge in [0.05, 0.1) is 12.1 Å². The summed E-state index contributed by atoms with van der Waals surface area (Å²) in [7, 11) is 0. The van der Waals surface area contributed by atoms with Gasteiger partial charge in [-0.15, -0.1) is 0 Å². The minimum Gasteiger partial charge on any atom is -0.478 e. The number of nitrogens with one attached hydrogen (secondary N) is 1. The Morgan fingerprint density at radius 3 is 2.94 bits per heavy atom. The first-order valence-corrected chi connectivity index (χ1v) is 5.42. The van der Waals surface area contributed by atoms with Crippen molar-refractivity contribution in [3.05, 3.63) is 35.6 Å². The quantitative estimate of drug-likeness (QED) is 0.823. The van der Waals surface area contributed by atoms with Crippen molar-refractivity contribution in [3.63, 3.8) is 0 Å². The molecule has 0 aromatic carbocycles. The zero-order valence-corrected chi connectivity index (χ0v) is 9.75. The van der Waals surface area contributed by atoms with Crippen LogP contribution in [0.15, 0.2) is 23.0 Å². The smallest absolute Gasteiger partial charge is 0.335 e. The van der Waals surface area contributed by atoms with Crippen molar-refractivity contribution in [2.75, 3.05) is 5.32 Å². The second kappa shape index (κ2) is 5.26. The highest BCUT2D eigenvalue weighted by Gasteiger charge is 2.08. The van der Waals surface area contributed by atoms with Gasteiger partial charge < -0.3 is 14.9 Å². The highest BCUT2D eigenvalue weighted by molar-refractivity contribution is 5.88. The van der Waals surface area contributed by atoms with Crippen molar-refractivity contribution in [1.82, 2.24) is 15.1 Å². The second-order valence-corrected chi connectivity index (χ2v) is 3.59. The van der Waals surface area contributed by atoms with Gasteiger partial charge >= 0.3 is 5.97 Å². The van der Waals surface area contributed by atoms with E-state index in [9.17, 15) is 4.79 Å². The average Bonchev–Trinajstić information content (AvgIpc) is 2.89. The third-order valence-corrected chi connectivity index (χ3v) is 2.32. The molecule has 0 radical (unpaired) electrons. The van der Waals surface area contributed by atoms with Crippen LogP contribution in [-0.4, -0.2) is 26.2 Å². The van der Waals surface area contributed by atoms with Crippen LogP contribution in [0.2, 0.25) is 0 Å². The molecule has 0 unspecified atom stereocenters. The highest BCUT2D eigenvalue weighted by Crippen LogP contribution is 2.12. The molecule has 2 rings (SSSR count). The second-order valence-electron chi connectivity index (χ2n) is 3.59. The van der Waals surface area contributed by atoms with Crippen molar-refractivity contribution in [2.45, 2.75) is 19.9 Å². The molecule has 0 fully saturated rings. The minimum atomic E-state index is -0.977. The lowest BCUT2D eigenvalue weighted by molar-refractivity contribution is 0.0696. The lowest BCUT2D eigenvalue weighted by Crippen LogP contribution is -2.07. The van der Waals surface area contributed by atoms with E-state index in [0.717, 1.165) is 0 Å². The maximum absolute atomic E-state index is 11.0. The summed E-state index contributed by atoms with van der Waals surface area (Å²) < 4.78 is 4.59. The number of carboxylic acid groups (broad SMARTS) is 1. The van der Waals surface area contributed by atoms with Gasteiger partial charge in [-0.1, -0.05) is 12.1 Å². The average molecular weight is 248 g/mol. The molecule has 18 heavy (non-hydrogen) atoms. The molecule has 0 spiro atoms. The molecule has 2 N–H and O–H groups in total. The first-order chi connectivity index (χ1) is 8.69. The van der Waals surface area contributed by atoms with Crippen molar-refractivity contribution in [3.8, 4) is 0 Å². The molecule has 2 aromatic heterocycles. The molecule has 7 heteroatoms. The van der Waals surface area contributed by atoms with Crippen LogP contribution in [0.1, 0.15) is 28.8 Å². The molecule has 0 saturated heterocycles. The largest absolute Gasteiger partial charge is 0.478 e. The van der Waals surface area contributed by atoms with Crippen molar-refractivity contribution in [1.29, 1.82) is 0 Å². The van der Waals surface area contributed by atoms with Crippen LogP contribution >= 0.6 is 0 Å². The number of hydrogen-bond acceptors (Lipinski definition) is 6. The van der Waals surface area contributed by atoms with E-state index >= 15 is 0 Å². The van der Waals surface area contributed by atoms with Crippen LogP contribution in [0, 0.1) is 0 Å². The lowest BCUT2D eigenvalue weighted by atomic mass is 10.2. The number of aromatic carboxylic acids is 1.